The lowest BCUT2D eigenvalue weighted by Gasteiger charge is -2.15. The third-order valence-electron chi connectivity index (χ3n) is 3.16. The summed E-state index contributed by atoms with van der Waals surface area (Å²) in [4.78, 5) is 0. The minimum Gasteiger partial charge on any atom is -0.384 e. The number of nitrogens with two attached hydrogens (primary N) is 2. The van der Waals surface area contributed by atoms with Crippen LogP contribution in [0.15, 0.2) is 36.5 Å². The lowest BCUT2D eigenvalue weighted by atomic mass is 10.0. The molecule has 2 rings (SSSR count). The molecule has 1 unspecified atom stereocenters. The molecule has 5 N–H and O–H groups in total. The van der Waals surface area contributed by atoms with Gasteiger partial charge in [0.25, 0.3) is 0 Å². The molecule has 18 heavy (non-hydrogen) atoms. The summed E-state index contributed by atoms with van der Waals surface area (Å²) in [5, 5.41) is 4.14. The van der Waals surface area contributed by atoms with Gasteiger partial charge in [0.1, 0.15) is 5.82 Å². The molecule has 1 aromatic heterocycles. The zero-order valence-corrected chi connectivity index (χ0v) is 10.5. The molecule has 5 heteroatoms. The van der Waals surface area contributed by atoms with Gasteiger partial charge in [-0.2, -0.15) is 5.10 Å². The molecule has 1 heterocycles. The molecule has 1 atom stereocenters. The van der Waals surface area contributed by atoms with Crippen molar-refractivity contribution in [3.63, 3.8) is 0 Å². The third-order valence-corrected chi connectivity index (χ3v) is 3.16. The minimum absolute atomic E-state index is 0.0268. The van der Waals surface area contributed by atoms with Gasteiger partial charge >= 0.3 is 0 Å². The van der Waals surface area contributed by atoms with E-state index in [9.17, 15) is 0 Å². The molecule has 0 aliphatic heterocycles. The van der Waals surface area contributed by atoms with E-state index in [4.69, 9.17) is 11.6 Å². The zero-order valence-electron chi connectivity index (χ0n) is 10.5. The summed E-state index contributed by atoms with van der Waals surface area (Å²) < 4.78 is 1.65. The molecule has 0 spiro atoms. The van der Waals surface area contributed by atoms with E-state index in [2.05, 4.69) is 22.7 Å². The Hall–Kier alpha value is -1.85. The molecule has 0 saturated carbocycles. The highest BCUT2D eigenvalue weighted by Crippen LogP contribution is 2.23. The molecule has 0 fully saturated rings. The molecule has 0 aliphatic rings. The van der Waals surface area contributed by atoms with Crippen molar-refractivity contribution in [2.24, 2.45) is 12.9 Å². The summed E-state index contributed by atoms with van der Waals surface area (Å²) in [6.45, 7) is 0. The lowest BCUT2D eigenvalue weighted by Crippen LogP contribution is -2.28. The fourth-order valence-corrected chi connectivity index (χ4v) is 2.02. The Morgan fingerprint density at radius 2 is 2.06 bits per heavy atom. The Kier molecular flexibility index (Phi) is 3.96. The van der Waals surface area contributed by atoms with Crippen molar-refractivity contribution >= 4 is 5.82 Å². The van der Waals surface area contributed by atoms with Crippen molar-refractivity contribution in [3.05, 3.63) is 47.7 Å². The summed E-state index contributed by atoms with van der Waals surface area (Å²) in [6, 6.07) is 10.3. The Morgan fingerprint density at radius 3 is 2.61 bits per heavy atom. The molecule has 0 bridgehead atoms. The van der Waals surface area contributed by atoms with E-state index >= 15 is 0 Å². The predicted molar refractivity (Wildman–Crippen MR) is 72.4 cm³/mol. The summed E-state index contributed by atoms with van der Waals surface area (Å²) >= 11 is 0. The van der Waals surface area contributed by atoms with Crippen LogP contribution in [0.4, 0.5) is 5.82 Å². The number of hydrogen-bond acceptors (Lipinski definition) is 4. The SMILES string of the molecule is Cn1ncc(C(CCc2ccccc2)NN)c1N. The van der Waals surface area contributed by atoms with Crippen molar-refractivity contribution in [1.29, 1.82) is 0 Å². The van der Waals surface area contributed by atoms with Crippen LogP contribution in [0.3, 0.4) is 0 Å². The predicted octanol–water partition coefficient (Wildman–Crippen LogP) is 1.14. The van der Waals surface area contributed by atoms with E-state index < -0.39 is 0 Å². The van der Waals surface area contributed by atoms with Crippen molar-refractivity contribution in [1.82, 2.24) is 15.2 Å². The first kappa shape index (κ1) is 12.6. The van der Waals surface area contributed by atoms with E-state index in [1.54, 1.807) is 10.9 Å². The minimum atomic E-state index is 0.0268. The maximum absolute atomic E-state index is 5.95. The maximum atomic E-state index is 5.95. The second-order valence-corrected chi connectivity index (χ2v) is 4.35. The van der Waals surface area contributed by atoms with Crippen molar-refractivity contribution in [2.75, 3.05) is 5.73 Å². The number of benzene rings is 1. The monoisotopic (exact) mass is 245 g/mol. The van der Waals surface area contributed by atoms with Crippen LogP contribution in [-0.4, -0.2) is 9.78 Å². The fraction of sp³-hybridized carbons (Fsp3) is 0.308. The maximum Gasteiger partial charge on any atom is 0.126 e. The lowest BCUT2D eigenvalue weighted by molar-refractivity contribution is 0.517. The first-order chi connectivity index (χ1) is 8.72. The Bertz CT molecular complexity index is 491. The van der Waals surface area contributed by atoms with E-state index in [0.717, 1.165) is 18.4 Å². The van der Waals surface area contributed by atoms with Gasteiger partial charge in [-0.15, -0.1) is 0 Å². The molecule has 0 radical (unpaired) electrons. The first-order valence-electron chi connectivity index (χ1n) is 5.99. The molecule has 1 aromatic carbocycles. The molecule has 0 amide bonds. The smallest absolute Gasteiger partial charge is 0.126 e. The van der Waals surface area contributed by atoms with Gasteiger partial charge in [-0.3, -0.25) is 16.0 Å². The van der Waals surface area contributed by atoms with Gasteiger partial charge in [-0.25, -0.2) is 0 Å². The largest absolute Gasteiger partial charge is 0.384 e. The highest BCUT2D eigenvalue weighted by Gasteiger charge is 2.15. The zero-order chi connectivity index (χ0) is 13.0. The number of rotatable bonds is 5. The van der Waals surface area contributed by atoms with Crippen LogP contribution >= 0.6 is 0 Å². The van der Waals surface area contributed by atoms with Crippen molar-refractivity contribution in [2.45, 2.75) is 18.9 Å². The number of nitrogens with one attached hydrogen (secondary N) is 1. The highest BCUT2D eigenvalue weighted by molar-refractivity contribution is 5.40. The highest BCUT2D eigenvalue weighted by atomic mass is 15.3. The normalized spacial score (nSPS) is 12.6. The van der Waals surface area contributed by atoms with Gasteiger partial charge in [0.2, 0.25) is 0 Å². The number of nitrogens with zero attached hydrogens (tertiary/aromatic N) is 2. The Labute approximate surface area is 107 Å². The van der Waals surface area contributed by atoms with Crippen LogP contribution in [0.1, 0.15) is 23.6 Å². The molecule has 5 nitrogen and oxygen atoms in total. The van der Waals surface area contributed by atoms with Gasteiger partial charge in [-0.1, -0.05) is 30.3 Å². The number of hydrazine groups is 1. The average Bonchev–Trinajstić information content (AvgIpc) is 2.73. The van der Waals surface area contributed by atoms with Gasteiger partial charge in [-0.05, 0) is 18.4 Å². The van der Waals surface area contributed by atoms with Crippen LogP contribution in [0, 0.1) is 0 Å². The molecule has 96 valence electrons. The fourth-order valence-electron chi connectivity index (χ4n) is 2.02. The standard InChI is InChI=1S/C13H19N5/c1-18-13(14)11(9-16-18)12(17-15)8-7-10-5-3-2-4-6-10/h2-6,9,12,17H,7-8,14-15H2,1H3. The molecule has 0 aliphatic carbocycles. The quantitative estimate of drug-likeness (QED) is 0.545. The van der Waals surface area contributed by atoms with Crippen LogP contribution in [0.5, 0.6) is 0 Å². The summed E-state index contributed by atoms with van der Waals surface area (Å²) in [6.07, 6.45) is 3.60. The summed E-state index contributed by atoms with van der Waals surface area (Å²) in [5.41, 5.74) is 11.0. The van der Waals surface area contributed by atoms with E-state index in [1.807, 2.05) is 25.2 Å². The van der Waals surface area contributed by atoms with Crippen LogP contribution in [-0.2, 0) is 13.5 Å². The Morgan fingerprint density at radius 1 is 1.33 bits per heavy atom. The molecular weight excluding hydrogens is 226 g/mol. The number of anilines is 1. The van der Waals surface area contributed by atoms with Gasteiger partial charge < -0.3 is 5.73 Å². The van der Waals surface area contributed by atoms with Crippen molar-refractivity contribution < 1.29 is 0 Å². The number of aryl methyl sites for hydroxylation is 2. The first-order valence-corrected chi connectivity index (χ1v) is 5.99. The third kappa shape index (κ3) is 2.69. The van der Waals surface area contributed by atoms with Crippen LogP contribution < -0.4 is 17.0 Å². The van der Waals surface area contributed by atoms with Gasteiger partial charge in [0.15, 0.2) is 0 Å². The van der Waals surface area contributed by atoms with E-state index in [0.29, 0.717) is 5.82 Å². The van der Waals surface area contributed by atoms with Crippen LogP contribution in [0.2, 0.25) is 0 Å². The van der Waals surface area contributed by atoms with Gasteiger partial charge in [0.05, 0.1) is 12.2 Å². The second kappa shape index (κ2) is 5.66. The number of hydrogen-bond donors (Lipinski definition) is 3. The second-order valence-electron chi connectivity index (χ2n) is 4.35. The van der Waals surface area contributed by atoms with Crippen LogP contribution in [0.25, 0.3) is 0 Å². The number of aromatic nitrogens is 2. The van der Waals surface area contributed by atoms with Crippen molar-refractivity contribution in [3.8, 4) is 0 Å². The molecule has 0 saturated heterocycles. The average molecular weight is 245 g/mol. The summed E-state index contributed by atoms with van der Waals surface area (Å²) in [7, 11) is 1.82. The van der Waals surface area contributed by atoms with E-state index in [-0.39, 0.29) is 6.04 Å². The molecular formula is C13H19N5. The molecule has 2 aromatic rings. The topological polar surface area (TPSA) is 81.9 Å². The number of nitrogen functional groups attached to an aromatic ring is 1. The van der Waals surface area contributed by atoms with Gasteiger partial charge in [0, 0.05) is 12.6 Å². The Balaban J connectivity index is 2.04. The summed E-state index contributed by atoms with van der Waals surface area (Å²) in [5.74, 6) is 6.26. The van der Waals surface area contributed by atoms with E-state index in [1.165, 1.54) is 5.56 Å².